The van der Waals surface area contributed by atoms with Crippen LogP contribution in [0.15, 0.2) is 41.1 Å². The Morgan fingerprint density at radius 1 is 1.23 bits per heavy atom. The second-order valence-corrected chi connectivity index (χ2v) is 9.10. The number of hydrogen-bond acceptors (Lipinski definition) is 6. The van der Waals surface area contributed by atoms with Crippen molar-refractivity contribution < 1.29 is 14.0 Å². The summed E-state index contributed by atoms with van der Waals surface area (Å²) in [7, 11) is 0. The van der Waals surface area contributed by atoms with Crippen molar-refractivity contribution in [3.63, 3.8) is 0 Å². The molecule has 4 heterocycles. The summed E-state index contributed by atoms with van der Waals surface area (Å²) in [5, 5.41) is 16.0. The van der Waals surface area contributed by atoms with Gasteiger partial charge >= 0.3 is 0 Å². The largest absolute Gasteiger partial charge is 0.467 e. The number of halogens is 1. The van der Waals surface area contributed by atoms with E-state index < -0.39 is 0 Å². The minimum atomic E-state index is -0.201. The van der Waals surface area contributed by atoms with Crippen molar-refractivity contribution in [1.82, 2.24) is 14.5 Å². The fourth-order valence-corrected chi connectivity index (χ4v) is 4.40. The maximum absolute atomic E-state index is 12.9. The number of nitrogens with zero attached hydrogens (tertiary/aromatic N) is 4. The monoisotopic (exact) mass is 494 g/mol. The van der Waals surface area contributed by atoms with E-state index >= 15 is 0 Å². The molecular weight excluding hydrogens is 468 g/mol. The van der Waals surface area contributed by atoms with Crippen LogP contribution in [0.3, 0.4) is 0 Å². The molecule has 0 saturated carbocycles. The van der Waals surface area contributed by atoms with Crippen LogP contribution in [0.1, 0.15) is 35.4 Å². The minimum Gasteiger partial charge on any atom is -0.467 e. The van der Waals surface area contributed by atoms with Crippen LogP contribution < -0.4 is 10.6 Å². The van der Waals surface area contributed by atoms with Crippen LogP contribution in [0.2, 0.25) is 5.02 Å². The smallest absolute Gasteiger partial charge is 0.239 e. The molecule has 0 bridgehead atoms. The second kappa shape index (κ2) is 10.8. The predicted molar refractivity (Wildman–Crippen MR) is 132 cm³/mol. The maximum atomic E-state index is 12.9. The van der Waals surface area contributed by atoms with Crippen LogP contribution in [-0.2, 0) is 16.1 Å². The second-order valence-electron chi connectivity index (χ2n) is 8.66. The highest BCUT2D eigenvalue weighted by atomic mass is 35.5. The molecule has 0 atom stereocenters. The first kappa shape index (κ1) is 24.5. The number of amides is 2. The van der Waals surface area contributed by atoms with Gasteiger partial charge in [0.05, 0.1) is 29.9 Å². The summed E-state index contributed by atoms with van der Waals surface area (Å²) < 4.78 is 7.36. The Labute approximate surface area is 208 Å². The lowest BCUT2D eigenvalue weighted by Gasteiger charge is -2.30. The third kappa shape index (κ3) is 5.73. The van der Waals surface area contributed by atoms with Gasteiger partial charge in [-0.05, 0) is 69.6 Å². The van der Waals surface area contributed by atoms with Gasteiger partial charge in [0.15, 0.2) is 0 Å². The molecule has 0 aromatic carbocycles. The van der Waals surface area contributed by atoms with E-state index in [0.717, 1.165) is 17.0 Å². The quantitative estimate of drug-likeness (QED) is 0.513. The number of aromatic nitrogens is 2. The van der Waals surface area contributed by atoms with Crippen molar-refractivity contribution in [3.8, 4) is 6.07 Å². The van der Waals surface area contributed by atoms with Crippen molar-refractivity contribution in [2.24, 2.45) is 5.92 Å². The van der Waals surface area contributed by atoms with Crippen molar-refractivity contribution >= 4 is 35.1 Å². The van der Waals surface area contributed by atoms with Gasteiger partial charge in [0, 0.05) is 17.8 Å². The number of nitriles is 1. The fourth-order valence-electron chi connectivity index (χ4n) is 4.29. The van der Waals surface area contributed by atoms with Gasteiger partial charge in [-0.2, -0.15) is 5.26 Å². The van der Waals surface area contributed by atoms with E-state index in [0.29, 0.717) is 54.7 Å². The molecule has 1 aliphatic heterocycles. The fraction of sp³-hybridized carbons (Fsp3) is 0.360. The number of carbonyl (C=O) groups is 2. The van der Waals surface area contributed by atoms with E-state index in [2.05, 4.69) is 21.7 Å². The Kier molecular flexibility index (Phi) is 7.54. The molecule has 182 valence electrons. The summed E-state index contributed by atoms with van der Waals surface area (Å²) >= 11 is 5.84. The number of pyridine rings is 1. The van der Waals surface area contributed by atoms with E-state index in [1.807, 2.05) is 29.4 Å². The molecule has 9 nitrogen and oxygen atoms in total. The van der Waals surface area contributed by atoms with E-state index in [4.69, 9.17) is 16.0 Å². The zero-order valence-corrected chi connectivity index (χ0v) is 20.4. The molecule has 1 aliphatic rings. The van der Waals surface area contributed by atoms with Gasteiger partial charge in [-0.25, -0.2) is 4.98 Å². The Hall–Kier alpha value is -3.61. The van der Waals surface area contributed by atoms with E-state index in [1.165, 1.54) is 6.20 Å². The minimum absolute atomic E-state index is 0.0794. The van der Waals surface area contributed by atoms with Crippen LogP contribution in [0.25, 0.3) is 0 Å². The third-order valence-corrected chi connectivity index (χ3v) is 6.62. The van der Waals surface area contributed by atoms with Crippen LogP contribution in [-0.4, -0.2) is 45.9 Å². The summed E-state index contributed by atoms with van der Waals surface area (Å²) in [6.07, 6.45) is 4.37. The standard InChI is InChI=1S/C25H27ClN6O3/c1-16-17(2)32(14-20-4-3-11-35-20)24(21(16)12-27)30-23(33)15-31-9-7-18(8-10-31)25(34)29-22-6-5-19(26)13-28-22/h3-6,11,13,18H,7-10,14-15H2,1-2H3,(H,30,33)(H,28,29,34). The predicted octanol–water partition coefficient (Wildman–Crippen LogP) is 3.96. The molecule has 10 heteroatoms. The zero-order valence-electron chi connectivity index (χ0n) is 19.7. The molecule has 0 unspecified atom stereocenters. The van der Waals surface area contributed by atoms with Crippen molar-refractivity contribution in [1.29, 1.82) is 5.26 Å². The number of anilines is 2. The number of likely N-dealkylation sites (tertiary alicyclic amines) is 1. The Bertz CT molecular complexity index is 1240. The molecule has 3 aromatic rings. The summed E-state index contributed by atoms with van der Waals surface area (Å²) in [6.45, 7) is 5.63. The zero-order chi connectivity index (χ0) is 24.9. The Morgan fingerprint density at radius 2 is 2.00 bits per heavy atom. The van der Waals surface area contributed by atoms with Crippen molar-refractivity contribution in [2.45, 2.75) is 33.2 Å². The molecule has 0 aliphatic carbocycles. The lowest BCUT2D eigenvalue weighted by Crippen LogP contribution is -2.42. The first-order chi connectivity index (χ1) is 16.9. The van der Waals surface area contributed by atoms with Gasteiger partial charge < -0.3 is 19.6 Å². The molecule has 1 fully saturated rings. The number of rotatable bonds is 7. The first-order valence-corrected chi connectivity index (χ1v) is 11.8. The summed E-state index contributed by atoms with van der Waals surface area (Å²) in [6, 6.07) is 9.23. The van der Waals surface area contributed by atoms with E-state index in [9.17, 15) is 14.9 Å². The number of carbonyl (C=O) groups excluding carboxylic acids is 2. The number of hydrogen-bond donors (Lipinski definition) is 2. The number of piperidine rings is 1. The molecule has 4 rings (SSSR count). The van der Waals surface area contributed by atoms with E-state index in [-0.39, 0.29) is 24.3 Å². The molecule has 35 heavy (non-hydrogen) atoms. The summed E-state index contributed by atoms with van der Waals surface area (Å²) in [4.78, 5) is 31.6. The lowest BCUT2D eigenvalue weighted by atomic mass is 9.96. The van der Waals surface area contributed by atoms with Crippen LogP contribution in [0.5, 0.6) is 0 Å². The van der Waals surface area contributed by atoms with Gasteiger partial charge in [-0.15, -0.1) is 0 Å². The van der Waals surface area contributed by atoms with Gasteiger partial charge in [0.25, 0.3) is 0 Å². The Balaban J connectivity index is 1.34. The molecule has 1 saturated heterocycles. The SMILES string of the molecule is Cc1c(C#N)c(NC(=O)CN2CCC(C(=O)Nc3ccc(Cl)cn3)CC2)n(Cc2ccco2)c1C. The van der Waals surface area contributed by atoms with Gasteiger partial charge in [-0.1, -0.05) is 11.6 Å². The van der Waals surface area contributed by atoms with E-state index in [1.54, 1.807) is 24.5 Å². The van der Waals surface area contributed by atoms with Crippen molar-refractivity contribution in [3.05, 3.63) is 64.3 Å². The highest BCUT2D eigenvalue weighted by Crippen LogP contribution is 2.28. The molecule has 2 N–H and O–H groups in total. The van der Waals surface area contributed by atoms with Crippen LogP contribution >= 0.6 is 11.6 Å². The Morgan fingerprint density at radius 3 is 2.63 bits per heavy atom. The van der Waals surface area contributed by atoms with Crippen LogP contribution in [0, 0.1) is 31.1 Å². The average molecular weight is 495 g/mol. The molecule has 2 amide bonds. The third-order valence-electron chi connectivity index (χ3n) is 6.40. The highest BCUT2D eigenvalue weighted by molar-refractivity contribution is 6.30. The molecule has 0 radical (unpaired) electrons. The van der Waals surface area contributed by atoms with Gasteiger partial charge in [0.1, 0.15) is 23.5 Å². The lowest BCUT2D eigenvalue weighted by molar-refractivity contribution is -0.121. The van der Waals surface area contributed by atoms with Gasteiger partial charge in [-0.3, -0.25) is 14.5 Å². The topological polar surface area (TPSA) is 116 Å². The summed E-state index contributed by atoms with van der Waals surface area (Å²) in [5.41, 5.74) is 2.18. The maximum Gasteiger partial charge on any atom is 0.239 e. The molecular formula is C25H27ClN6O3. The van der Waals surface area contributed by atoms with Crippen molar-refractivity contribution in [2.75, 3.05) is 30.3 Å². The summed E-state index contributed by atoms with van der Waals surface area (Å²) in [5.74, 6) is 1.26. The highest BCUT2D eigenvalue weighted by Gasteiger charge is 2.27. The molecule has 0 spiro atoms. The average Bonchev–Trinajstić information content (AvgIpc) is 3.44. The number of nitrogens with one attached hydrogen (secondary N) is 2. The first-order valence-electron chi connectivity index (χ1n) is 11.4. The van der Waals surface area contributed by atoms with Gasteiger partial charge in [0.2, 0.25) is 11.8 Å². The normalized spacial score (nSPS) is 14.5. The van der Waals surface area contributed by atoms with Crippen LogP contribution in [0.4, 0.5) is 11.6 Å². The number of furan rings is 1. The molecule has 3 aromatic heterocycles.